The van der Waals surface area contributed by atoms with Gasteiger partial charge in [-0.1, -0.05) is 19.1 Å². The molecular weight excluding hydrogens is 236 g/mol. The minimum Gasteiger partial charge on any atom is -0.394 e. The van der Waals surface area contributed by atoms with Gasteiger partial charge >= 0.3 is 0 Å². The van der Waals surface area contributed by atoms with E-state index in [9.17, 15) is 4.79 Å². The summed E-state index contributed by atoms with van der Waals surface area (Å²) in [5.41, 5.74) is 0.833. The molecule has 0 saturated heterocycles. The van der Waals surface area contributed by atoms with Gasteiger partial charge in [-0.25, -0.2) is 4.98 Å². The number of aliphatic hydroxyl groups excluding tert-OH is 1. The van der Waals surface area contributed by atoms with Gasteiger partial charge < -0.3 is 10.4 Å². The number of aliphatic hydroxyl groups is 1. The molecule has 0 bridgehead atoms. The normalized spacial score (nSPS) is 12.6. The number of benzene rings is 1. The Hall–Kier alpha value is -1.46. The van der Waals surface area contributed by atoms with Crippen molar-refractivity contribution in [3.05, 3.63) is 29.3 Å². The average Bonchev–Trinajstić information content (AvgIpc) is 2.79. The Balaban J connectivity index is 2.19. The molecule has 1 heterocycles. The molecule has 1 unspecified atom stereocenters. The van der Waals surface area contributed by atoms with Crippen molar-refractivity contribution in [2.75, 3.05) is 6.61 Å². The lowest BCUT2D eigenvalue weighted by atomic mass is 10.2. The van der Waals surface area contributed by atoms with Crippen LogP contribution in [-0.2, 0) is 0 Å². The second kappa shape index (κ2) is 5.25. The highest BCUT2D eigenvalue weighted by Crippen LogP contribution is 2.21. The fraction of sp³-hybridized carbons (Fsp3) is 0.333. The van der Waals surface area contributed by atoms with Gasteiger partial charge in [-0.3, -0.25) is 4.79 Å². The highest BCUT2D eigenvalue weighted by atomic mass is 32.1. The van der Waals surface area contributed by atoms with E-state index in [2.05, 4.69) is 10.3 Å². The van der Waals surface area contributed by atoms with Crippen LogP contribution >= 0.6 is 11.3 Å². The predicted molar refractivity (Wildman–Crippen MR) is 68.3 cm³/mol. The highest BCUT2D eigenvalue weighted by Gasteiger charge is 2.15. The van der Waals surface area contributed by atoms with Crippen LogP contribution in [0.2, 0.25) is 0 Å². The maximum atomic E-state index is 11.9. The summed E-state index contributed by atoms with van der Waals surface area (Å²) in [7, 11) is 0. The molecule has 1 atom stereocenters. The molecule has 0 saturated carbocycles. The Morgan fingerprint density at radius 2 is 2.29 bits per heavy atom. The number of rotatable bonds is 4. The van der Waals surface area contributed by atoms with Crippen LogP contribution in [0.3, 0.4) is 0 Å². The minimum atomic E-state index is -0.216. The molecule has 2 N–H and O–H groups in total. The Bertz CT molecular complexity index is 487. The first kappa shape index (κ1) is 12.0. The van der Waals surface area contributed by atoms with E-state index in [-0.39, 0.29) is 18.6 Å². The number of nitrogens with one attached hydrogen (secondary N) is 1. The van der Waals surface area contributed by atoms with Crippen LogP contribution in [0.1, 0.15) is 23.1 Å². The van der Waals surface area contributed by atoms with Gasteiger partial charge in [-0.2, -0.15) is 0 Å². The second-order valence-electron chi connectivity index (χ2n) is 3.75. The highest BCUT2D eigenvalue weighted by molar-refractivity contribution is 7.20. The fourth-order valence-electron chi connectivity index (χ4n) is 1.49. The molecule has 2 aromatic rings. The number of hydrogen-bond donors (Lipinski definition) is 2. The summed E-state index contributed by atoms with van der Waals surface area (Å²) in [6, 6.07) is 7.44. The lowest BCUT2D eigenvalue weighted by Gasteiger charge is -2.12. The number of carbonyl (C=O) groups excluding carboxylic acids is 1. The van der Waals surface area contributed by atoms with Crippen LogP contribution in [0.15, 0.2) is 24.3 Å². The molecule has 0 fully saturated rings. The predicted octanol–water partition coefficient (Wildman–Crippen LogP) is 1.80. The largest absolute Gasteiger partial charge is 0.394 e. The van der Waals surface area contributed by atoms with Crippen molar-refractivity contribution >= 4 is 27.5 Å². The van der Waals surface area contributed by atoms with Crippen molar-refractivity contribution in [3.63, 3.8) is 0 Å². The Morgan fingerprint density at radius 1 is 1.53 bits per heavy atom. The van der Waals surface area contributed by atoms with Crippen molar-refractivity contribution < 1.29 is 9.90 Å². The molecule has 1 aromatic carbocycles. The Kier molecular flexibility index (Phi) is 3.71. The number of nitrogens with zero attached hydrogens (tertiary/aromatic N) is 1. The fourth-order valence-corrected chi connectivity index (χ4v) is 2.36. The number of aromatic nitrogens is 1. The van der Waals surface area contributed by atoms with Gasteiger partial charge in [0.05, 0.1) is 22.9 Å². The third-order valence-corrected chi connectivity index (χ3v) is 3.57. The molecule has 5 heteroatoms. The zero-order valence-electron chi connectivity index (χ0n) is 9.51. The zero-order chi connectivity index (χ0) is 12.3. The first-order valence-corrected chi connectivity index (χ1v) is 6.33. The van der Waals surface area contributed by atoms with Crippen LogP contribution in [0.5, 0.6) is 0 Å². The molecule has 90 valence electrons. The molecule has 2 rings (SSSR count). The molecule has 0 aliphatic rings. The van der Waals surface area contributed by atoms with Gasteiger partial charge in [0, 0.05) is 0 Å². The number of carbonyl (C=O) groups is 1. The number of para-hydroxylation sites is 1. The third-order valence-electron chi connectivity index (χ3n) is 2.54. The summed E-state index contributed by atoms with van der Waals surface area (Å²) in [5.74, 6) is -0.216. The average molecular weight is 250 g/mol. The molecule has 0 aliphatic carbocycles. The lowest BCUT2D eigenvalue weighted by molar-refractivity contribution is 0.0915. The van der Waals surface area contributed by atoms with Crippen molar-refractivity contribution in [1.82, 2.24) is 10.3 Å². The van der Waals surface area contributed by atoms with E-state index in [4.69, 9.17) is 5.11 Å². The van der Waals surface area contributed by atoms with Crippen molar-refractivity contribution in [2.45, 2.75) is 19.4 Å². The van der Waals surface area contributed by atoms with Crippen LogP contribution < -0.4 is 5.32 Å². The summed E-state index contributed by atoms with van der Waals surface area (Å²) in [6.07, 6.45) is 0.702. The smallest absolute Gasteiger partial charge is 0.280 e. The third kappa shape index (κ3) is 2.62. The van der Waals surface area contributed by atoms with Crippen LogP contribution in [0.4, 0.5) is 0 Å². The van der Waals surface area contributed by atoms with E-state index in [0.29, 0.717) is 11.4 Å². The Labute approximate surface area is 103 Å². The Morgan fingerprint density at radius 3 is 2.94 bits per heavy atom. The van der Waals surface area contributed by atoms with Gasteiger partial charge in [0.25, 0.3) is 5.91 Å². The van der Waals surface area contributed by atoms with E-state index in [1.165, 1.54) is 11.3 Å². The maximum absolute atomic E-state index is 11.9. The number of thiazole rings is 1. The van der Waals surface area contributed by atoms with E-state index >= 15 is 0 Å². The zero-order valence-corrected chi connectivity index (χ0v) is 10.3. The molecule has 0 spiro atoms. The van der Waals surface area contributed by atoms with Crippen molar-refractivity contribution in [2.24, 2.45) is 0 Å². The molecule has 17 heavy (non-hydrogen) atoms. The van der Waals surface area contributed by atoms with Gasteiger partial charge in [0.1, 0.15) is 0 Å². The molecule has 4 nitrogen and oxygen atoms in total. The molecular formula is C12H14N2O2S. The van der Waals surface area contributed by atoms with Gasteiger partial charge in [-0.15, -0.1) is 11.3 Å². The molecule has 1 amide bonds. The summed E-state index contributed by atoms with van der Waals surface area (Å²) >= 11 is 1.36. The number of hydrogen-bond acceptors (Lipinski definition) is 4. The maximum Gasteiger partial charge on any atom is 0.280 e. The number of fused-ring (bicyclic) bond motifs is 1. The van der Waals surface area contributed by atoms with Crippen molar-refractivity contribution in [1.29, 1.82) is 0 Å². The number of amides is 1. The van der Waals surface area contributed by atoms with E-state index in [1.54, 1.807) is 0 Å². The standard InChI is InChI=1S/C12H14N2O2S/c1-2-8(7-15)13-11(16)12-14-9-5-3-4-6-10(9)17-12/h3-6,8,15H,2,7H2,1H3,(H,13,16). The topological polar surface area (TPSA) is 62.2 Å². The lowest BCUT2D eigenvalue weighted by Crippen LogP contribution is -2.36. The van der Waals surface area contributed by atoms with Crippen molar-refractivity contribution in [3.8, 4) is 0 Å². The van der Waals surface area contributed by atoms with E-state index in [0.717, 1.165) is 10.2 Å². The van der Waals surface area contributed by atoms with Crippen LogP contribution in [0, 0.1) is 0 Å². The summed E-state index contributed by atoms with van der Waals surface area (Å²) in [5, 5.41) is 12.2. The molecule has 0 radical (unpaired) electrons. The van der Waals surface area contributed by atoms with Gasteiger partial charge in [-0.05, 0) is 18.6 Å². The van der Waals surface area contributed by atoms with Crippen LogP contribution in [-0.4, -0.2) is 28.6 Å². The first-order chi connectivity index (χ1) is 8.24. The minimum absolute atomic E-state index is 0.0485. The van der Waals surface area contributed by atoms with E-state index < -0.39 is 0 Å². The molecule has 0 aliphatic heterocycles. The summed E-state index contributed by atoms with van der Waals surface area (Å²) in [4.78, 5) is 16.1. The SMILES string of the molecule is CCC(CO)NC(=O)c1nc2ccccc2s1. The van der Waals surface area contributed by atoms with E-state index in [1.807, 2.05) is 31.2 Å². The van der Waals surface area contributed by atoms with Crippen LogP contribution in [0.25, 0.3) is 10.2 Å². The molecule has 1 aromatic heterocycles. The second-order valence-corrected chi connectivity index (χ2v) is 4.78. The summed E-state index contributed by atoms with van der Waals surface area (Å²) in [6.45, 7) is 1.87. The van der Waals surface area contributed by atoms with Gasteiger partial charge in [0.15, 0.2) is 5.01 Å². The first-order valence-electron chi connectivity index (χ1n) is 5.52. The summed E-state index contributed by atoms with van der Waals surface area (Å²) < 4.78 is 0.995. The monoisotopic (exact) mass is 250 g/mol. The quantitative estimate of drug-likeness (QED) is 0.869. The van der Waals surface area contributed by atoms with Gasteiger partial charge in [0.2, 0.25) is 0 Å².